The molecule has 0 aliphatic carbocycles. The van der Waals surface area contributed by atoms with E-state index >= 15 is 0 Å². The molecule has 0 fully saturated rings. The van der Waals surface area contributed by atoms with Crippen LogP contribution in [0, 0.1) is 19.3 Å². The number of aromatic amines is 1. The summed E-state index contributed by atoms with van der Waals surface area (Å²) in [4.78, 5) is 21.6. The summed E-state index contributed by atoms with van der Waals surface area (Å²) < 4.78 is 0. The Morgan fingerprint density at radius 1 is 1.35 bits per heavy atom. The minimum Gasteiger partial charge on any atom is -0.309 e. The van der Waals surface area contributed by atoms with Crippen LogP contribution >= 0.6 is 11.3 Å². The van der Waals surface area contributed by atoms with Crippen molar-refractivity contribution in [1.82, 2.24) is 15.3 Å². The highest BCUT2D eigenvalue weighted by Gasteiger charge is 2.15. The highest BCUT2D eigenvalue weighted by molar-refractivity contribution is 7.18. The van der Waals surface area contributed by atoms with Crippen LogP contribution in [-0.4, -0.2) is 16.5 Å². The van der Waals surface area contributed by atoms with Gasteiger partial charge >= 0.3 is 0 Å². The van der Waals surface area contributed by atoms with E-state index in [2.05, 4.69) is 36.1 Å². The number of fused-ring (bicyclic) bond motifs is 1. The van der Waals surface area contributed by atoms with Crippen molar-refractivity contribution in [3.63, 3.8) is 0 Å². The standard InChI is InChI=1S/C15H23N3OS/c1-6-15(4,5)8-16-7-11-17-13(19)12-9(2)10(3)20-14(12)18-11/h16H,6-8H2,1-5H3,(H,17,18,19). The lowest BCUT2D eigenvalue weighted by molar-refractivity contribution is 0.326. The SMILES string of the molecule is CCC(C)(C)CNCc1nc2sc(C)c(C)c2c(=O)[nH]1. The molecule has 0 saturated carbocycles. The quantitative estimate of drug-likeness (QED) is 0.890. The minimum absolute atomic E-state index is 0.0246. The average Bonchev–Trinajstić information content (AvgIpc) is 2.65. The normalized spacial score (nSPS) is 12.2. The van der Waals surface area contributed by atoms with Gasteiger partial charge < -0.3 is 10.3 Å². The van der Waals surface area contributed by atoms with Crippen molar-refractivity contribution >= 4 is 21.6 Å². The lowest BCUT2D eigenvalue weighted by atomic mass is 9.90. The largest absolute Gasteiger partial charge is 0.309 e. The second-order valence-corrected chi connectivity index (χ2v) is 7.30. The summed E-state index contributed by atoms with van der Waals surface area (Å²) in [5, 5.41) is 4.12. The molecule has 2 aromatic rings. The van der Waals surface area contributed by atoms with E-state index in [-0.39, 0.29) is 11.0 Å². The summed E-state index contributed by atoms with van der Waals surface area (Å²) >= 11 is 1.59. The Balaban J connectivity index is 2.18. The van der Waals surface area contributed by atoms with Crippen LogP contribution in [0.2, 0.25) is 0 Å². The first kappa shape index (κ1) is 15.2. The maximum atomic E-state index is 12.1. The Bertz CT molecular complexity index is 670. The lowest BCUT2D eigenvalue weighted by Crippen LogP contribution is -2.29. The Kier molecular flexibility index (Phi) is 4.30. The number of H-pyrrole nitrogens is 1. The summed E-state index contributed by atoms with van der Waals surface area (Å²) in [6.07, 6.45) is 1.12. The number of thiophene rings is 1. The van der Waals surface area contributed by atoms with Crippen molar-refractivity contribution in [2.75, 3.05) is 6.54 Å². The monoisotopic (exact) mass is 293 g/mol. The summed E-state index contributed by atoms with van der Waals surface area (Å²) in [6, 6.07) is 0. The van der Waals surface area contributed by atoms with Gasteiger partial charge in [0.15, 0.2) is 0 Å². The minimum atomic E-state index is -0.0246. The zero-order valence-corrected chi connectivity index (χ0v) is 13.7. The zero-order chi connectivity index (χ0) is 14.9. The number of hydrogen-bond donors (Lipinski definition) is 2. The number of rotatable bonds is 5. The molecular weight excluding hydrogens is 270 g/mol. The summed E-state index contributed by atoms with van der Waals surface area (Å²) in [5.74, 6) is 0.718. The molecule has 0 saturated heterocycles. The van der Waals surface area contributed by atoms with Crippen molar-refractivity contribution in [1.29, 1.82) is 0 Å². The number of aromatic nitrogens is 2. The van der Waals surface area contributed by atoms with Crippen LogP contribution < -0.4 is 10.9 Å². The van der Waals surface area contributed by atoms with E-state index in [1.165, 1.54) is 0 Å². The van der Waals surface area contributed by atoms with E-state index in [1.54, 1.807) is 11.3 Å². The molecule has 5 heteroatoms. The third-order valence-electron chi connectivity index (χ3n) is 3.94. The average molecular weight is 293 g/mol. The molecule has 2 heterocycles. The van der Waals surface area contributed by atoms with Crippen molar-refractivity contribution in [2.45, 2.75) is 47.6 Å². The number of hydrogen-bond acceptors (Lipinski definition) is 4. The van der Waals surface area contributed by atoms with Crippen molar-refractivity contribution < 1.29 is 0 Å². The van der Waals surface area contributed by atoms with E-state index in [4.69, 9.17) is 0 Å². The van der Waals surface area contributed by atoms with Crippen molar-refractivity contribution in [2.24, 2.45) is 5.41 Å². The molecule has 2 N–H and O–H groups in total. The van der Waals surface area contributed by atoms with Crippen LogP contribution in [-0.2, 0) is 6.54 Å². The molecule has 0 unspecified atom stereocenters. The predicted octanol–water partition coefficient (Wildman–Crippen LogP) is 3.13. The Morgan fingerprint density at radius 3 is 2.70 bits per heavy atom. The number of nitrogens with one attached hydrogen (secondary N) is 2. The maximum Gasteiger partial charge on any atom is 0.259 e. The Morgan fingerprint density at radius 2 is 2.05 bits per heavy atom. The molecule has 20 heavy (non-hydrogen) atoms. The van der Waals surface area contributed by atoms with Gasteiger partial charge in [-0.15, -0.1) is 11.3 Å². The van der Waals surface area contributed by atoms with Gasteiger partial charge in [-0.1, -0.05) is 20.8 Å². The molecule has 0 atom stereocenters. The first-order valence-electron chi connectivity index (χ1n) is 7.03. The molecule has 4 nitrogen and oxygen atoms in total. The molecule has 110 valence electrons. The summed E-state index contributed by atoms with van der Waals surface area (Å²) in [7, 11) is 0. The van der Waals surface area contributed by atoms with Crippen LogP contribution in [0.3, 0.4) is 0 Å². The zero-order valence-electron chi connectivity index (χ0n) is 12.9. The van der Waals surface area contributed by atoms with Gasteiger partial charge in [-0.25, -0.2) is 4.98 Å². The second kappa shape index (κ2) is 5.66. The van der Waals surface area contributed by atoms with Gasteiger partial charge in [0.1, 0.15) is 10.7 Å². The van der Waals surface area contributed by atoms with Crippen LogP contribution in [0.15, 0.2) is 4.79 Å². The molecule has 0 spiro atoms. The van der Waals surface area contributed by atoms with Crippen molar-refractivity contribution in [3.8, 4) is 0 Å². The van der Waals surface area contributed by atoms with Crippen LogP contribution in [0.1, 0.15) is 43.5 Å². The van der Waals surface area contributed by atoms with Gasteiger partial charge in [-0.2, -0.15) is 0 Å². The third kappa shape index (κ3) is 3.10. The maximum absolute atomic E-state index is 12.1. The highest BCUT2D eigenvalue weighted by Crippen LogP contribution is 2.25. The van der Waals surface area contributed by atoms with Gasteiger partial charge in [0.05, 0.1) is 11.9 Å². The molecule has 0 aromatic carbocycles. The molecule has 0 radical (unpaired) electrons. The summed E-state index contributed by atoms with van der Waals surface area (Å²) in [5.41, 5.74) is 1.29. The number of nitrogens with zero attached hydrogens (tertiary/aromatic N) is 1. The van der Waals surface area contributed by atoms with E-state index in [0.29, 0.717) is 6.54 Å². The number of aryl methyl sites for hydroxylation is 2. The van der Waals surface area contributed by atoms with Crippen LogP contribution in [0.25, 0.3) is 10.2 Å². The first-order valence-corrected chi connectivity index (χ1v) is 7.85. The van der Waals surface area contributed by atoms with Crippen molar-refractivity contribution in [3.05, 3.63) is 26.6 Å². The van der Waals surface area contributed by atoms with E-state index in [9.17, 15) is 4.79 Å². The second-order valence-electron chi connectivity index (χ2n) is 6.10. The molecule has 2 aromatic heterocycles. The van der Waals surface area contributed by atoms with Gasteiger partial charge in [-0.05, 0) is 31.2 Å². The molecule has 2 rings (SSSR count). The predicted molar refractivity (Wildman–Crippen MR) is 85.5 cm³/mol. The molecule has 0 amide bonds. The molecule has 0 bridgehead atoms. The smallest absolute Gasteiger partial charge is 0.259 e. The summed E-state index contributed by atoms with van der Waals surface area (Å²) in [6.45, 7) is 12.2. The molecule has 0 aliphatic rings. The van der Waals surface area contributed by atoms with E-state index in [1.807, 2.05) is 13.8 Å². The van der Waals surface area contributed by atoms with E-state index < -0.39 is 0 Å². The fraction of sp³-hybridized carbons (Fsp3) is 0.600. The highest BCUT2D eigenvalue weighted by atomic mass is 32.1. The van der Waals surface area contributed by atoms with Crippen LogP contribution in [0.5, 0.6) is 0 Å². The third-order valence-corrected chi connectivity index (χ3v) is 5.04. The van der Waals surface area contributed by atoms with Gasteiger partial charge in [0, 0.05) is 11.4 Å². The topological polar surface area (TPSA) is 57.8 Å². The molecular formula is C15H23N3OS. The Hall–Kier alpha value is -1.20. The Labute approximate surface area is 123 Å². The molecule has 0 aliphatic heterocycles. The van der Waals surface area contributed by atoms with Gasteiger partial charge in [0.2, 0.25) is 0 Å². The lowest BCUT2D eigenvalue weighted by Gasteiger charge is -2.22. The van der Waals surface area contributed by atoms with Gasteiger partial charge in [0.25, 0.3) is 5.56 Å². The van der Waals surface area contributed by atoms with E-state index in [0.717, 1.165) is 39.4 Å². The fourth-order valence-corrected chi connectivity index (χ4v) is 3.08. The first-order chi connectivity index (χ1) is 9.34. The van der Waals surface area contributed by atoms with Crippen LogP contribution in [0.4, 0.5) is 0 Å². The van der Waals surface area contributed by atoms with Gasteiger partial charge in [-0.3, -0.25) is 4.79 Å². The fourth-order valence-electron chi connectivity index (χ4n) is 2.03.